The summed E-state index contributed by atoms with van der Waals surface area (Å²) in [5, 5.41) is 43.2. The Morgan fingerprint density at radius 1 is 0.681 bits per heavy atom. The summed E-state index contributed by atoms with van der Waals surface area (Å²) < 4.78 is 0. The van der Waals surface area contributed by atoms with Crippen molar-refractivity contribution in [1.29, 1.82) is 0 Å². The van der Waals surface area contributed by atoms with Gasteiger partial charge in [-0.15, -0.1) is 0 Å². The van der Waals surface area contributed by atoms with Gasteiger partial charge in [0.2, 0.25) is 23.6 Å². The van der Waals surface area contributed by atoms with Gasteiger partial charge >= 0.3 is 0 Å². The van der Waals surface area contributed by atoms with Crippen LogP contribution in [-0.4, -0.2) is 115 Å². The maximum absolute atomic E-state index is 13.5. The average molecular weight is 671 g/mol. The predicted octanol–water partition coefficient (Wildman–Crippen LogP) is 2.49. The molecular weight excluding hydrogens is 604 g/mol. The number of carbonyl (C=O) groups excluding carboxylic acids is 4. The van der Waals surface area contributed by atoms with E-state index in [9.17, 15) is 34.5 Å². The van der Waals surface area contributed by atoms with E-state index in [0.717, 1.165) is 19.3 Å². The van der Waals surface area contributed by atoms with E-state index < -0.39 is 45.9 Å². The number of likely N-dealkylation sites (N-methyl/N-ethyl adjacent to an activating group) is 1. The van der Waals surface area contributed by atoms with E-state index in [0.29, 0.717) is 12.8 Å². The Morgan fingerprint density at radius 2 is 1.02 bits per heavy atom. The second kappa shape index (κ2) is 15.5. The zero-order chi connectivity index (χ0) is 37.0. The van der Waals surface area contributed by atoms with Crippen molar-refractivity contribution in [3.05, 3.63) is 0 Å². The molecule has 2 unspecified atom stereocenters. The molecule has 0 aromatic carbocycles. The van der Waals surface area contributed by atoms with Crippen LogP contribution in [0.2, 0.25) is 0 Å². The topological polar surface area (TPSA) is 180 Å². The Bertz CT molecular complexity index is 1080. The van der Waals surface area contributed by atoms with Gasteiger partial charge in [0.1, 0.15) is 12.2 Å². The predicted molar refractivity (Wildman–Crippen MR) is 182 cm³/mol. The number of nitrogens with zero attached hydrogens (tertiary/aromatic N) is 2. The largest absolute Gasteiger partial charge is 0.396 e. The van der Waals surface area contributed by atoms with Crippen LogP contribution in [0, 0.1) is 10.8 Å². The molecule has 0 saturated carbocycles. The number of hydrogen-bond acceptors (Lipinski definition) is 8. The summed E-state index contributed by atoms with van der Waals surface area (Å²) in [6.07, 6.45) is 1.90. The van der Waals surface area contributed by atoms with Crippen LogP contribution < -0.4 is 10.6 Å². The molecule has 0 bridgehead atoms. The molecule has 2 rings (SSSR count). The van der Waals surface area contributed by atoms with Gasteiger partial charge in [0, 0.05) is 58.9 Å². The summed E-state index contributed by atoms with van der Waals surface area (Å²) in [6, 6.07) is -0.229. The van der Waals surface area contributed by atoms with Crippen LogP contribution in [0.15, 0.2) is 0 Å². The minimum absolute atomic E-state index is 0.0243. The van der Waals surface area contributed by atoms with E-state index in [4.69, 9.17) is 5.11 Å². The number of hydrogen-bond donors (Lipinski definition) is 6. The molecule has 0 aliphatic carbocycles. The first-order valence-electron chi connectivity index (χ1n) is 16.9. The van der Waals surface area contributed by atoms with Gasteiger partial charge in [-0.3, -0.25) is 19.2 Å². The molecule has 47 heavy (non-hydrogen) atoms. The van der Waals surface area contributed by atoms with E-state index in [1.165, 1.54) is 7.05 Å². The molecular formula is C35H66N4O8. The molecule has 2 saturated heterocycles. The van der Waals surface area contributed by atoms with Crippen molar-refractivity contribution in [3.8, 4) is 0 Å². The summed E-state index contributed by atoms with van der Waals surface area (Å²) in [6.45, 7) is 22.4. The minimum Gasteiger partial charge on any atom is -0.396 e. The SMILES string of the molecule is CC(C)(CO)C(O)C(=O)NC1CC(C)(C)N(C(=O)CCC(=O)N2C(C)(C)CCCC2(C)C)C(C)(C)C1.CNC(=O)C(O)C(C)(C)CO. The average Bonchev–Trinajstić information content (AvgIpc) is 2.92. The maximum Gasteiger partial charge on any atom is 0.249 e. The van der Waals surface area contributed by atoms with E-state index in [1.54, 1.807) is 27.7 Å². The molecule has 2 heterocycles. The summed E-state index contributed by atoms with van der Waals surface area (Å²) >= 11 is 0. The van der Waals surface area contributed by atoms with Crippen LogP contribution in [-0.2, 0) is 19.2 Å². The third kappa shape index (κ3) is 10.6. The number of carbonyl (C=O) groups is 4. The van der Waals surface area contributed by atoms with Gasteiger partial charge in [0.25, 0.3) is 0 Å². The second-order valence-electron chi connectivity index (χ2n) is 17.4. The Kier molecular flexibility index (Phi) is 14.1. The highest BCUT2D eigenvalue weighted by molar-refractivity contribution is 5.86. The second-order valence-corrected chi connectivity index (χ2v) is 17.4. The van der Waals surface area contributed by atoms with Gasteiger partial charge in [-0.2, -0.15) is 0 Å². The lowest BCUT2D eigenvalue weighted by atomic mass is 9.76. The van der Waals surface area contributed by atoms with Crippen molar-refractivity contribution in [3.63, 3.8) is 0 Å². The van der Waals surface area contributed by atoms with E-state index in [-0.39, 0.29) is 55.0 Å². The van der Waals surface area contributed by atoms with Crippen LogP contribution in [0.25, 0.3) is 0 Å². The third-order valence-corrected chi connectivity index (χ3v) is 9.93. The summed E-state index contributed by atoms with van der Waals surface area (Å²) in [4.78, 5) is 54.3. The zero-order valence-corrected chi connectivity index (χ0v) is 31.4. The number of aliphatic hydroxyl groups excluding tert-OH is 4. The number of amides is 4. The van der Waals surface area contributed by atoms with Crippen molar-refractivity contribution in [2.24, 2.45) is 10.8 Å². The van der Waals surface area contributed by atoms with Crippen molar-refractivity contribution in [2.45, 2.75) is 168 Å². The Labute approximate surface area is 283 Å². The highest BCUT2D eigenvalue weighted by Gasteiger charge is 2.49. The number of rotatable bonds is 10. The molecule has 2 fully saturated rings. The smallest absolute Gasteiger partial charge is 0.249 e. The fraction of sp³-hybridized carbons (Fsp3) is 0.886. The van der Waals surface area contributed by atoms with Crippen molar-refractivity contribution >= 4 is 23.6 Å². The molecule has 6 N–H and O–H groups in total. The molecule has 0 aromatic rings. The van der Waals surface area contributed by atoms with Crippen molar-refractivity contribution in [2.75, 3.05) is 20.3 Å². The first kappa shape index (κ1) is 42.7. The fourth-order valence-electron chi connectivity index (χ4n) is 7.47. The number of piperidine rings is 2. The van der Waals surface area contributed by atoms with Crippen LogP contribution in [0.3, 0.4) is 0 Å². The van der Waals surface area contributed by atoms with Crippen LogP contribution in [0.4, 0.5) is 0 Å². The van der Waals surface area contributed by atoms with Crippen LogP contribution in [0.5, 0.6) is 0 Å². The maximum atomic E-state index is 13.5. The Morgan fingerprint density at radius 3 is 1.36 bits per heavy atom. The quantitative estimate of drug-likeness (QED) is 0.205. The van der Waals surface area contributed by atoms with Gasteiger partial charge in [-0.05, 0) is 87.5 Å². The van der Waals surface area contributed by atoms with E-state index in [1.807, 2.05) is 37.5 Å². The Balaban J connectivity index is 0.000000856. The summed E-state index contributed by atoms with van der Waals surface area (Å²) in [5.41, 5.74) is -3.30. The van der Waals surface area contributed by atoms with Crippen LogP contribution >= 0.6 is 0 Å². The molecule has 0 radical (unpaired) electrons. The lowest BCUT2D eigenvalue weighted by molar-refractivity contribution is -0.157. The van der Waals surface area contributed by atoms with Gasteiger partial charge in [-0.1, -0.05) is 27.7 Å². The lowest BCUT2D eigenvalue weighted by Gasteiger charge is -2.56. The molecule has 274 valence electrons. The molecule has 12 heteroatoms. The molecule has 4 amide bonds. The van der Waals surface area contributed by atoms with E-state index in [2.05, 4.69) is 38.3 Å². The summed E-state index contributed by atoms with van der Waals surface area (Å²) in [7, 11) is 1.44. The monoisotopic (exact) mass is 670 g/mol. The van der Waals surface area contributed by atoms with Crippen molar-refractivity contribution < 1.29 is 39.6 Å². The van der Waals surface area contributed by atoms with Crippen molar-refractivity contribution in [1.82, 2.24) is 20.4 Å². The molecule has 0 aromatic heterocycles. The zero-order valence-electron chi connectivity index (χ0n) is 31.4. The molecule has 2 atom stereocenters. The molecule has 0 spiro atoms. The third-order valence-electron chi connectivity index (χ3n) is 9.93. The fourth-order valence-corrected chi connectivity index (χ4v) is 7.47. The lowest BCUT2D eigenvalue weighted by Crippen LogP contribution is -2.66. The first-order valence-corrected chi connectivity index (χ1v) is 16.9. The standard InChI is InChI=1S/C28H51N3O5.C7H15NO3/c1-24(2,18-32)22(35)23(36)29-19-16-27(7,8)31(28(9,10)17-19)21(34)13-12-20(33)30-25(3,4)14-11-15-26(30,5)6;1-7(2,4-9)5(10)6(11)8-3/h19,22,32,35H,11-18H2,1-10H3,(H,29,36);5,9-10H,4H2,1-3H3,(H,8,11). The Hall–Kier alpha value is -2.28. The normalized spacial score (nSPS) is 21.9. The number of aliphatic hydroxyl groups is 4. The highest BCUT2D eigenvalue weighted by Crippen LogP contribution is 2.41. The van der Waals surface area contributed by atoms with Gasteiger partial charge in [-0.25, -0.2) is 0 Å². The summed E-state index contributed by atoms with van der Waals surface area (Å²) in [5.74, 6) is -1.01. The molecule has 12 nitrogen and oxygen atoms in total. The van der Waals surface area contributed by atoms with Gasteiger partial charge in [0.05, 0.1) is 13.2 Å². The number of nitrogens with one attached hydrogen (secondary N) is 2. The molecule has 2 aliphatic heterocycles. The van der Waals surface area contributed by atoms with Gasteiger partial charge in [0.15, 0.2) is 0 Å². The van der Waals surface area contributed by atoms with Crippen LogP contribution in [0.1, 0.15) is 128 Å². The first-order chi connectivity index (χ1) is 21.1. The van der Waals surface area contributed by atoms with Gasteiger partial charge < -0.3 is 40.9 Å². The highest BCUT2D eigenvalue weighted by atomic mass is 16.3. The number of likely N-dealkylation sites (tertiary alicyclic amines) is 2. The molecule has 2 aliphatic rings. The van der Waals surface area contributed by atoms with E-state index >= 15 is 0 Å². The minimum atomic E-state index is -1.33.